The predicted octanol–water partition coefficient (Wildman–Crippen LogP) is -3.79. The van der Waals surface area contributed by atoms with Crippen molar-refractivity contribution >= 4 is 5.97 Å². The minimum atomic E-state index is -1.74. The van der Waals surface area contributed by atoms with E-state index in [1.54, 1.807) is 0 Å². The van der Waals surface area contributed by atoms with E-state index in [-0.39, 0.29) is 5.57 Å². The standard InChI is InChI=1S/C23H34O15/c1-3-8-9-4-13(32-2)37-20(31)10(9)6-33-21(8)38-23-19(30)17(28)15(26)12(36-23)7-34-22-18(29)16(27)14(25)11(5-24)35-22/h3,6,8-9,11-19,21-30H,1,4-5,7H2,2H3/t8-,9+,11-,12-,13?,14-,15-,16+,17+,18-,19-,21+,22+,23+/m1/s1. The van der Waals surface area contributed by atoms with Gasteiger partial charge in [-0.05, 0) is 0 Å². The number of methoxy groups -OCH3 is 1. The number of rotatable bonds is 8. The Kier molecular flexibility index (Phi) is 9.39. The number of esters is 1. The van der Waals surface area contributed by atoms with E-state index >= 15 is 0 Å². The Balaban J connectivity index is 1.43. The predicted molar refractivity (Wildman–Crippen MR) is 119 cm³/mol. The molecule has 0 aromatic rings. The molecule has 0 aromatic heterocycles. The van der Waals surface area contributed by atoms with Gasteiger partial charge in [-0.2, -0.15) is 0 Å². The van der Waals surface area contributed by atoms with Crippen LogP contribution in [0.1, 0.15) is 6.42 Å². The Morgan fingerprint density at radius 2 is 1.58 bits per heavy atom. The fourth-order valence-electron chi connectivity index (χ4n) is 4.88. The third kappa shape index (κ3) is 5.60. The molecule has 4 aliphatic heterocycles. The van der Waals surface area contributed by atoms with Crippen molar-refractivity contribution in [3.8, 4) is 0 Å². The molecule has 7 N–H and O–H groups in total. The maximum Gasteiger partial charge on any atom is 0.339 e. The molecule has 38 heavy (non-hydrogen) atoms. The third-order valence-corrected chi connectivity index (χ3v) is 7.17. The molecule has 0 aliphatic carbocycles. The first-order valence-corrected chi connectivity index (χ1v) is 12.1. The molecule has 3 fully saturated rings. The summed E-state index contributed by atoms with van der Waals surface area (Å²) in [6.07, 6.45) is -14.6. The molecular weight excluding hydrogens is 516 g/mol. The van der Waals surface area contributed by atoms with Crippen LogP contribution in [-0.4, -0.2) is 136 Å². The number of cyclic esters (lactones) is 1. The lowest BCUT2D eigenvalue weighted by molar-refractivity contribution is -0.352. The SMILES string of the molecule is C=C[C@H]1[C@H](O[C@@H]2O[C@H](CO[C@H]3O[C@H](CO)[C@@H](O)[C@H](O)[C@H]3O)[C@@H](O)[C@H](O)[C@H]2O)OC=C2C(=O)OC(OC)C[C@H]21. The zero-order valence-corrected chi connectivity index (χ0v) is 20.5. The highest BCUT2D eigenvalue weighted by Crippen LogP contribution is 2.40. The molecule has 0 radical (unpaired) electrons. The fourth-order valence-corrected chi connectivity index (χ4v) is 4.88. The second-order valence-corrected chi connectivity index (χ2v) is 9.48. The van der Waals surface area contributed by atoms with Crippen LogP contribution in [0.15, 0.2) is 24.5 Å². The largest absolute Gasteiger partial charge is 0.471 e. The van der Waals surface area contributed by atoms with Crippen molar-refractivity contribution in [1.29, 1.82) is 0 Å². The van der Waals surface area contributed by atoms with Crippen LogP contribution in [-0.2, 0) is 38.0 Å². The number of carbonyl (C=O) groups excluding carboxylic acids is 1. The molecule has 0 bridgehead atoms. The van der Waals surface area contributed by atoms with Gasteiger partial charge in [-0.15, -0.1) is 6.58 Å². The average molecular weight is 551 g/mol. The van der Waals surface area contributed by atoms with Crippen molar-refractivity contribution in [2.45, 2.75) is 80.4 Å². The van der Waals surface area contributed by atoms with E-state index in [2.05, 4.69) is 6.58 Å². The monoisotopic (exact) mass is 550 g/mol. The molecule has 0 aromatic carbocycles. The van der Waals surface area contributed by atoms with Crippen molar-refractivity contribution < 1.29 is 73.7 Å². The lowest BCUT2D eigenvalue weighted by Gasteiger charge is -2.45. The molecule has 0 amide bonds. The van der Waals surface area contributed by atoms with E-state index in [1.807, 2.05) is 0 Å². The van der Waals surface area contributed by atoms with Gasteiger partial charge >= 0.3 is 5.97 Å². The van der Waals surface area contributed by atoms with Crippen LogP contribution in [0.4, 0.5) is 0 Å². The zero-order chi connectivity index (χ0) is 27.7. The molecule has 216 valence electrons. The van der Waals surface area contributed by atoms with Crippen molar-refractivity contribution in [3.05, 3.63) is 24.5 Å². The topological polar surface area (TPSA) is 223 Å². The summed E-state index contributed by atoms with van der Waals surface area (Å²) >= 11 is 0. The van der Waals surface area contributed by atoms with Crippen LogP contribution in [0.5, 0.6) is 0 Å². The summed E-state index contributed by atoms with van der Waals surface area (Å²) in [5, 5.41) is 70.7. The van der Waals surface area contributed by atoms with Gasteiger partial charge in [0, 0.05) is 25.4 Å². The quantitative estimate of drug-likeness (QED) is 0.114. The molecule has 15 heteroatoms. The average Bonchev–Trinajstić information content (AvgIpc) is 2.91. The van der Waals surface area contributed by atoms with Crippen molar-refractivity contribution in [1.82, 2.24) is 0 Å². The van der Waals surface area contributed by atoms with Gasteiger partial charge in [-0.25, -0.2) is 4.79 Å². The summed E-state index contributed by atoms with van der Waals surface area (Å²) in [6, 6.07) is 0. The number of ether oxygens (including phenoxy) is 7. The summed E-state index contributed by atoms with van der Waals surface area (Å²) < 4.78 is 38.0. The minimum absolute atomic E-state index is 0.259. The molecule has 4 rings (SSSR count). The minimum Gasteiger partial charge on any atom is -0.471 e. The molecule has 0 spiro atoms. The van der Waals surface area contributed by atoms with Crippen molar-refractivity contribution in [2.75, 3.05) is 20.3 Å². The number of aliphatic hydroxyl groups excluding tert-OH is 7. The Bertz CT molecular complexity index is 866. The van der Waals surface area contributed by atoms with Crippen LogP contribution in [0.2, 0.25) is 0 Å². The van der Waals surface area contributed by atoms with Crippen LogP contribution in [0.25, 0.3) is 0 Å². The normalized spacial score (nSPS) is 47.4. The van der Waals surface area contributed by atoms with Crippen LogP contribution < -0.4 is 0 Å². The van der Waals surface area contributed by atoms with E-state index in [1.165, 1.54) is 19.4 Å². The summed E-state index contributed by atoms with van der Waals surface area (Å²) in [4.78, 5) is 12.3. The van der Waals surface area contributed by atoms with Gasteiger partial charge in [0.25, 0.3) is 0 Å². The van der Waals surface area contributed by atoms with Crippen LogP contribution >= 0.6 is 0 Å². The highest BCUT2D eigenvalue weighted by atomic mass is 16.8. The van der Waals surface area contributed by atoms with Crippen LogP contribution in [0, 0.1) is 11.8 Å². The molecule has 0 saturated carbocycles. The molecule has 3 saturated heterocycles. The summed E-state index contributed by atoms with van der Waals surface area (Å²) in [7, 11) is 1.40. The van der Waals surface area contributed by atoms with Crippen LogP contribution in [0.3, 0.4) is 0 Å². The molecule has 4 aliphatic rings. The molecule has 15 nitrogen and oxygen atoms in total. The smallest absolute Gasteiger partial charge is 0.339 e. The van der Waals surface area contributed by atoms with Gasteiger partial charge in [0.15, 0.2) is 12.6 Å². The maximum atomic E-state index is 12.3. The number of carbonyl (C=O) groups is 1. The Morgan fingerprint density at radius 3 is 2.21 bits per heavy atom. The van der Waals surface area contributed by atoms with Gasteiger partial charge < -0.3 is 68.9 Å². The number of aliphatic hydroxyl groups is 7. The van der Waals surface area contributed by atoms with E-state index < -0.39 is 105 Å². The molecule has 4 heterocycles. The maximum absolute atomic E-state index is 12.3. The van der Waals surface area contributed by atoms with Gasteiger partial charge in [-0.3, -0.25) is 0 Å². The van der Waals surface area contributed by atoms with E-state index in [0.29, 0.717) is 6.42 Å². The number of hydrogen-bond acceptors (Lipinski definition) is 15. The van der Waals surface area contributed by atoms with Gasteiger partial charge in [0.2, 0.25) is 12.6 Å². The Labute approximate surface area is 217 Å². The lowest BCUT2D eigenvalue weighted by Crippen LogP contribution is -2.62. The first-order valence-electron chi connectivity index (χ1n) is 12.1. The third-order valence-electron chi connectivity index (χ3n) is 7.17. The number of hydrogen-bond donors (Lipinski definition) is 7. The second kappa shape index (κ2) is 12.2. The van der Waals surface area contributed by atoms with Gasteiger partial charge in [0.1, 0.15) is 48.8 Å². The van der Waals surface area contributed by atoms with E-state index in [9.17, 15) is 40.5 Å². The lowest BCUT2D eigenvalue weighted by atomic mass is 9.80. The van der Waals surface area contributed by atoms with Crippen molar-refractivity contribution in [3.63, 3.8) is 0 Å². The summed E-state index contributed by atoms with van der Waals surface area (Å²) in [5.41, 5.74) is 0.259. The first-order chi connectivity index (χ1) is 18.1. The van der Waals surface area contributed by atoms with E-state index in [0.717, 1.165) is 0 Å². The van der Waals surface area contributed by atoms with Gasteiger partial charge in [0.05, 0.1) is 25.0 Å². The first kappa shape index (κ1) is 29.3. The molecule has 14 atom stereocenters. The fraction of sp³-hybridized carbons (Fsp3) is 0.783. The highest BCUT2D eigenvalue weighted by molar-refractivity contribution is 5.89. The molecule has 1 unspecified atom stereocenters. The summed E-state index contributed by atoms with van der Waals surface area (Å²) in [5.74, 6) is -1.67. The van der Waals surface area contributed by atoms with Crippen molar-refractivity contribution in [2.24, 2.45) is 11.8 Å². The Hall–Kier alpha value is -1.73. The Morgan fingerprint density at radius 1 is 0.947 bits per heavy atom. The van der Waals surface area contributed by atoms with E-state index in [4.69, 9.17) is 33.2 Å². The highest BCUT2D eigenvalue weighted by Gasteiger charge is 2.50. The molecular formula is C23H34O15. The second-order valence-electron chi connectivity index (χ2n) is 9.48. The zero-order valence-electron chi connectivity index (χ0n) is 20.5. The van der Waals surface area contributed by atoms with Gasteiger partial charge in [-0.1, -0.05) is 6.08 Å². The number of fused-ring (bicyclic) bond motifs is 1. The summed E-state index contributed by atoms with van der Waals surface area (Å²) in [6.45, 7) is 2.60.